The zero-order chi connectivity index (χ0) is 11.1. The fourth-order valence-electron chi connectivity index (χ4n) is 2.32. The van der Waals surface area contributed by atoms with Crippen molar-refractivity contribution >= 4 is 21.9 Å². The average molecular weight is 269 g/mol. The van der Waals surface area contributed by atoms with Crippen LogP contribution in [0.1, 0.15) is 25.3 Å². The molecule has 1 N–H and O–H groups in total. The van der Waals surface area contributed by atoms with E-state index in [1.165, 1.54) is 0 Å². The van der Waals surface area contributed by atoms with Crippen molar-refractivity contribution in [2.45, 2.75) is 25.2 Å². The van der Waals surface area contributed by atoms with E-state index < -0.39 is 5.97 Å². The Labute approximate surface area is 97.4 Å². The van der Waals surface area contributed by atoms with Gasteiger partial charge in [-0.15, -0.1) is 0 Å². The number of hydrogen-bond acceptors (Lipinski definition) is 1. The Morgan fingerprint density at radius 1 is 1.53 bits per heavy atom. The van der Waals surface area contributed by atoms with E-state index in [1.54, 1.807) is 0 Å². The van der Waals surface area contributed by atoms with Crippen LogP contribution in [0.4, 0.5) is 0 Å². The maximum absolute atomic E-state index is 11.0. The second kappa shape index (κ2) is 3.63. The SMILES string of the molecule is CCC1(c2ccc(Br)cc2)C[C@H]1C(=O)O. The minimum absolute atomic E-state index is 0.105. The van der Waals surface area contributed by atoms with Gasteiger partial charge < -0.3 is 5.11 Å². The summed E-state index contributed by atoms with van der Waals surface area (Å²) >= 11 is 3.38. The van der Waals surface area contributed by atoms with Gasteiger partial charge in [-0.05, 0) is 30.5 Å². The van der Waals surface area contributed by atoms with E-state index in [1.807, 2.05) is 24.3 Å². The molecule has 15 heavy (non-hydrogen) atoms. The summed E-state index contributed by atoms with van der Waals surface area (Å²) in [7, 11) is 0. The van der Waals surface area contributed by atoms with Gasteiger partial charge in [0.15, 0.2) is 0 Å². The first-order valence-electron chi connectivity index (χ1n) is 5.09. The number of rotatable bonds is 3. The molecule has 0 bridgehead atoms. The molecule has 3 heteroatoms. The van der Waals surface area contributed by atoms with Gasteiger partial charge in [0.1, 0.15) is 0 Å². The lowest BCUT2D eigenvalue weighted by Crippen LogP contribution is -2.13. The van der Waals surface area contributed by atoms with Crippen molar-refractivity contribution in [2.24, 2.45) is 5.92 Å². The van der Waals surface area contributed by atoms with Crippen LogP contribution in [-0.4, -0.2) is 11.1 Å². The standard InChI is InChI=1S/C12H13BrO2/c1-2-12(7-10(12)11(14)15)8-3-5-9(13)6-4-8/h3-6,10H,2,7H2,1H3,(H,14,15)/t10-,12?/m0/s1. The predicted molar refractivity (Wildman–Crippen MR) is 61.9 cm³/mol. The Bertz CT molecular complexity index is 385. The fraction of sp³-hybridized carbons (Fsp3) is 0.417. The molecule has 1 aromatic carbocycles. The molecule has 0 aromatic heterocycles. The highest BCUT2D eigenvalue weighted by Crippen LogP contribution is 2.56. The summed E-state index contributed by atoms with van der Waals surface area (Å²) in [5, 5.41) is 9.03. The minimum atomic E-state index is -0.667. The van der Waals surface area contributed by atoms with Gasteiger partial charge in [0.25, 0.3) is 0 Å². The zero-order valence-corrected chi connectivity index (χ0v) is 10.1. The van der Waals surface area contributed by atoms with E-state index in [-0.39, 0.29) is 11.3 Å². The zero-order valence-electron chi connectivity index (χ0n) is 8.53. The smallest absolute Gasteiger partial charge is 0.307 e. The van der Waals surface area contributed by atoms with Crippen LogP contribution < -0.4 is 0 Å². The molecule has 1 saturated carbocycles. The van der Waals surface area contributed by atoms with E-state index in [4.69, 9.17) is 5.11 Å². The summed E-state index contributed by atoms with van der Waals surface area (Å²) in [6.07, 6.45) is 1.67. The summed E-state index contributed by atoms with van der Waals surface area (Å²) in [6.45, 7) is 2.06. The molecule has 0 heterocycles. The number of carboxylic acids is 1. The second-order valence-corrected chi connectivity index (χ2v) is 5.03. The van der Waals surface area contributed by atoms with Crippen LogP contribution in [0.2, 0.25) is 0 Å². The molecule has 0 saturated heterocycles. The van der Waals surface area contributed by atoms with Crippen molar-refractivity contribution in [3.05, 3.63) is 34.3 Å². The molecule has 0 amide bonds. The van der Waals surface area contributed by atoms with E-state index in [2.05, 4.69) is 22.9 Å². The van der Waals surface area contributed by atoms with Crippen molar-refractivity contribution < 1.29 is 9.90 Å². The van der Waals surface area contributed by atoms with Crippen molar-refractivity contribution in [1.29, 1.82) is 0 Å². The first-order valence-corrected chi connectivity index (χ1v) is 5.88. The van der Waals surface area contributed by atoms with Crippen molar-refractivity contribution in [3.63, 3.8) is 0 Å². The van der Waals surface area contributed by atoms with Crippen LogP contribution >= 0.6 is 15.9 Å². The molecule has 2 nitrogen and oxygen atoms in total. The van der Waals surface area contributed by atoms with E-state index in [9.17, 15) is 4.79 Å². The monoisotopic (exact) mass is 268 g/mol. The highest BCUT2D eigenvalue weighted by atomic mass is 79.9. The summed E-state index contributed by atoms with van der Waals surface area (Å²) in [5.41, 5.74) is 1.05. The van der Waals surface area contributed by atoms with Crippen molar-refractivity contribution in [3.8, 4) is 0 Å². The van der Waals surface area contributed by atoms with Gasteiger partial charge in [0.2, 0.25) is 0 Å². The largest absolute Gasteiger partial charge is 0.481 e. The van der Waals surface area contributed by atoms with E-state index in [0.717, 1.165) is 22.9 Å². The van der Waals surface area contributed by atoms with E-state index in [0.29, 0.717) is 0 Å². The lowest BCUT2D eigenvalue weighted by atomic mass is 9.90. The van der Waals surface area contributed by atoms with Crippen LogP contribution in [0, 0.1) is 5.92 Å². The molecular weight excluding hydrogens is 256 g/mol. The Balaban J connectivity index is 2.30. The molecule has 0 aliphatic heterocycles. The summed E-state index contributed by atoms with van der Waals surface area (Å²) in [5.74, 6) is -0.858. The first-order chi connectivity index (χ1) is 7.10. The second-order valence-electron chi connectivity index (χ2n) is 4.11. The van der Waals surface area contributed by atoms with Crippen LogP contribution in [0.5, 0.6) is 0 Å². The third-order valence-electron chi connectivity index (χ3n) is 3.42. The third-order valence-corrected chi connectivity index (χ3v) is 3.95. The van der Waals surface area contributed by atoms with Gasteiger partial charge in [-0.2, -0.15) is 0 Å². The lowest BCUT2D eigenvalue weighted by Gasteiger charge is -2.14. The quantitative estimate of drug-likeness (QED) is 0.914. The summed E-state index contributed by atoms with van der Waals surface area (Å²) in [4.78, 5) is 11.0. The van der Waals surface area contributed by atoms with Gasteiger partial charge in [-0.25, -0.2) is 0 Å². The van der Waals surface area contributed by atoms with Gasteiger partial charge in [0, 0.05) is 9.89 Å². The number of benzene rings is 1. The normalized spacial score (nSPS) is 28.8. The van der Waals surface area contributed by atoms with Crippen molar-refractivity contribution in [2.75, 3.05) is 0 Å². The molecule has 0 radical (unpaired) electrons. The topological polar surface area (TPSA) is 37.3 Å². The van der Waals surface area contributed by atoms with Crippen LogP contribution in [0.15, 0.2) is 28.7 Å². The Hall–Kier alpha value is -0.830. The predicted octanol–water partition coefficient (Wildman–Crippen LogP) is 3.20. The maximum Gasteiger partial charge on any atom is 0.307 e. The molecule has 1 aromatic rings. The molecule has 0 spiro atoms. The molecule has 1 fully saturated rings. The summed E-state index contributed by atoms with van der Waals surface area (Å²) in [6, 6.07) is 8.00. The Morgan fingerprint density at radius 2 is 2.13 bits per heavy atom. The van der Waals surface area contributed by atoms with Gasteiger partial charge in [-0.1, -0.05) is 35.0 Å². The Kier molecular flexibility index (Phi) is 2.59. The first kappa shape index (κ1) is 10.7. The van der Waals surface area contributed by atoms with E-state index >= 15 is 0 Å². The fourth-order valence-corrected chi connectivity index (χ4v) is 2.59. The number of halogens is 1. The van der Waals surface area contributed by atoms with Gasteiger partial charge in [-0.3, -0.25) is 4.79 Å². The highest BCUT2D eigenvalue weighted by molar-refractivity contribution is 9.10. The Morgan fingerprint density at radius 3 is 2.53 bits per heavy atom. The molecule has 1 aliphatic rings. The third kappa shape index (κ3) is 1.69. The number of carbonyl (C=O) groups is 1. The molecule has 2 atom stereocenters. The van der Waals surface area contributed by atoms with Crippen LogP contribution in [0.3, 0.4) is 0 Å². The molecule has 80 valence electrons. The minimum Gasteiger partial charge on any atom is -0.481 e. The summed E-state index contributed by atoms with van der Waals surface area (Å²) < 4.78 is 1.03. The molecule has 1 unspecified atom stereocenters. The molecule has 2 rings (SSSR count). The van der Waals surface area contributed by atoms with Gasteiger partial charge in [0.05, 0.1) is 5.92 Å². The van der Waals surface area contributed by atoms with Crippen LogP contribution in [0.25, 0.3) is 0 Å². The van der Waals surface area contributed by atoms with Crippen molar-refractivity contribution in [1.82, 2.24) is 0 Å². The number of carboxylic acid groups (broad SMARTS) is 1. The molecule has 1 aliphatic carbocycles. The average Bonchev–Trinajstić information content (AvgIpc) is 2.95. The maximum atomic E-state index is 11.0. The number of aliphatic carboxylic acids is 1. The van der Waals surface area contributed by atoms with Crippen LogP contribution in [-0.2, 0) is 10.2 Å². The molecular formula is C12H13BrO2. The van der Waals surface area contributed by atoms with Gasteiger partial charge >= 0.3 is 5.97 Å². The highest BCUT2D eigenvalue weighted by Gasteiger charge is 2.58. The lowest BCUT2D eigenvalue weighted by molar-refractivity contribution is -0.139. The number of hydrogen-bond donors (Lipinski definition) is 1.